The van der Waals surface area contributed by atoms with E-state index in [9.17, 15) is 0 Å². The van der Waals surface area contributed by atoms with Crippen molar-refractivity contribution in [1.82, 2.24) is 5.32 Å². The van der Waals surface area contributed by atoms with Gasteiger partial charge in [0.25, 0.3) is 0 Å². The largest absolute Gasteiger partial charge is 0.379 e. The van der Waals surface area contributed by atoms with E-state index in [2.05, 4.69) is 42.6 Å². The Morgan fingerprint density at radius 2 is 2.00 bits per heavy atom. The van der Waals surface area contributed by atoms with Crippen LogP contribution >= 0.6 is 0 Å². The Morgan fingerprint density at radius 3 is 2.78 bits per heavy atom. The van der Waals surface area contributed by atoms with Gasteiger partial charge in [-0.25, -0.2) is 0 Å². The fourth-order valence-electron chi connectivity index (χ4n) is 2.94. The number of aryl methyl sites for hydroxylation is 1. The summed E-state index contributed by atoms with van der Waals surface area (Å²) in [7, 11) is 2.01. The number of ether oxygens (including phenoxy) is 1. The van der Waals surface area contributed by atoms with Crippen molar-refractivity contribution in [3.05, 3.63) is 47.0 Å². The molecule has 0 amide bonds. The lowest BCUT2D eigenvalue weighted by molar-refractivity contribution is 0.124. The summed E-state index contributed by atoms with van der Waals surface area (Å²) in [6.45, 7) is 3.78. The molecule has 94 valence electrons. The maximum absolute atomic E-state index is 5.71. The Kier molecular flexibility index (Phi) is 3.06. The molecule has 1 aliphatic rings. The molecule has 1 N–H and O–H groups in total. The molecule has 2 heteroatoms. The maximum atomic E-state index is 5.71. The molecule has 1 unspecified atom stereocenters. The number of nitrogens with one attached hydrogen (secondary N) is 1. The first kappa shape index (κ1) is 11.7. The van der Waals surface area contributed by atoms with Crippen molar-refractivity contribution in [1.29, 1.82) is 0 Å². The number of hydrogen-bond acceptors (Lipinski definition) is 2. The van der Waals surface area contributed by atoms with Crippen LogP contribution in [0.2, 0.25) is 0 Å². The van der Waals surface area contributed by atoms with Crippen LogP contribution in [-0.2, 0) is 11.2 Å². The molecule has 0 aromatic heterocycles. The quantitative estimate of drug-likeness (QED) is 0.828. The van der Waals surface area contributed by atoms with Crippen LogP contribution in [0, 0.1) is 6.92 Å². The fraction of sp³-hybridized carbons (Fsp3) is 0.375. The molecule has 0 spiro atoms. The van der Waals surface area contributed by atoms with Crippen LogP contribution in [0.1, 0.15) is 22.7 Å². The van der Waals surface area contributed by atoms with E-state index in [1.807, 2.05) is 7.05 Å². The van der Waals surface area contributed by atoms with Crippen molar-refractivity contribution in [2.45, 2.75) is 19.4 Å². The van der Waals surface area contributed by atoms with Gasteiger partial charge in [-0.3, -0.25) is 0 Å². The normalized spacial score (nSPS) is 19.6. The first-order chi connectivity index (χ1) is 8.81. The molecule has 0 saturated heterocycles. The van der Waals surface area contributed by atoms with Gasteiger partial charge >= 0.3 is 0 Å². The number of likely N-dealkylation sites (N-methyl/N-ethyl adjacent to an activating group) is 1. The van der Waals surface area contributed by atoms with E-state index in [4.69, 9.17) is 4.74 Å². The highest BCUT2D eigenvalue weighted by atomic mass is 16.5. The third-order valence-electron chi connectivity index (χ3n) is 3.90. The van der Waals surface area contributed by atoms with Crippen LogP contribution < -0.4 is 5.32 Å². The summed E-state index contributed by atoms with van der Waals surface area (Å²) in [6, 6.07) is 11.3. The van der Waals surface area contributed by atoms with Gasteiger partial charge in [-0.1, -0.05) is 30.3 Å². The van der Waals surface area contributed by atoms with E-state index in [1.54, 1.807) is 0 Å². The van der Waals surface area contributed by atoms with Crippen molar-refractivity contribution < 1.29 is 4.74 Å². The molecule has 1 aliphatic heterocycles. The van der Waals surface area contributed by atoms with Gasteiger partial charge in [0.1, 0.15) is 0 Å². The summed E-state index contributed by atoms with van der Waals surface area (Å²) in [5.41, 5.74) is 4.21. The minimum atomic E-state index is 0.311. The lowest BCUT2D eigenvalue weighted by atomic mass is 9.91. The number of fused-ring (bicyclic) bond motifs is 3. The van der Waals surface area contributed by atoms with Gasteiger partial charge in [-0.15, -0.1) is 0 Å². The van der Waals surface area contributed by atoms with Gasteiger partial charge in [0.2, 0.25) is 0 Å². The van der Waals surface area contributed by atoms with Crippen LogP contribution in [0.15, 0.2) is 30.3 Å². The Morgan fingerprint density at radius 1 is 1.22 bits per heavy atom. The predicted octanol–water partition coefficient (Wildman–Crippen LogP) is 2.98. The van der Waals surface area contributed by atoms with Crippen LogP contribution in [0.3, 0.4) is 0 Å². The van der Waals surface area contributed by atoms with Crippen LogP contribution in [-0.4, -0.2) is 20.3 Å². The van der Waals surface area contributed by atoms with Gasteiger partial charge in [0, 0.05) is 0 Å². The highest BCUT2D eigenvalue weighted by Crippen LogP contribution is 2.31. The van der Waals surface area contributed by atoms with Crippen molar-refractivity contribution >= 4 is 10.8 Å². The van der Waals surface area contributed by atoms with E-state index in [0.29, 0.717) is 6.04 Å². The first-order valence-corrected chi connectivity index (χ1v) is 6.57. The average Bonchev–Trinajstić information content (AvgIpc) is 2.61. The minimum absolute atomic E-state index is 0.311. The van der Waals surface area contributed by atoms with Crippen molar-refractivity contribution in [2.24, 2.45) is 0 Å². The first-order valence-electron chi connectivity index (χ1n) is 6.57. The molecule has 0 saturated carbocycles. The van der Waals surface area contributed by atoms with E-state index in [0.717, 1.165) is 19.6 Å². The van der Waals surface area contributed by atoms with E-state index in [-0.39, 0.29) is 0 Å². The van der Waals surface area contributed by atoms with E-state index >= 15 is 0 Å². The van der Waals surface area contributed by atoms with Gasteiger partial charge in [-0.2, -0.15) is 0 Å². The molecular formula is C16H19NO. The molecule has 18 heavy (non-hydrogen) atoms. The maximum Gasteiger partial charge on any atom is 0.0661 e. The Bertz CT molecular complexity index is 577. The lowest BCUT2D eigenvalue weighted by Crippen LogP contribution is -2.21. The topological polar surface area (TPSA) is 21.3 Å². The third kappa shape index (κ3) is 1.82. The average molecular weight is 241 g/mol. The monoisotopic (exact) mass is 241 g/mol. The molecule has 3 rings (SSSR count). The van der Waals surface area contributed by atoms with Crippen LogP contribution in [0.5, 0.6) is 0 Å². The van der Waals surface area contributed by atoms with Crippen molar-refractivity contribution in [3.63, 3.8) is 0 Å². The van der Waals surface area contributed by atoms with Crippen molar-refractivity contribution in [3.8, 4) is 0 Å². The summed E-state index contributed by atoms with van der Waals surface area (Å²) in [6.07, 6.45) is 1.01. The zero-order chi connectivity index (χ0) is 12.5. The van der Waals surface area contributed by atoms with Gasteiger partial charge < -0.3 is 10.1 Å². The Hall–Kier alpha value is -1.38. The highest BCUT2D eigenvalue weighted by molar-refractivity contribution is 5.89. The van der Waals surface area contributed by atoms with E-state index < -0.39 is 0 Å². The second-order valence-electron chi connectivity index (χ2n) is 4.97. The summed E-state index contributed by atoms with van der Waals surface area (Å²) < 4.78 is 5.71. The van der Waals surface area contributed by atoms with Crippen molar-refractivity contribution in [2.75, 3.05) is 20.3 Å². The predicted molar refractivity (Wildman–Crippen MR) is 75.0 cm³/mol. The number of hydrogen-bond donors (Lipinski definition) is 1. The molecule has 2 aromatic carbocycles. The molecule has 0 radical (unpaired) electrons. The molecule has 1 heterocycles. The molecule has 0 aliphatic carbocycles. The summed E-state index contributed by atoms with van der Waals surface area (Å²) >= 11 is 0. The molecular weight excluding hydrogens is 222 g/mol. The lowest BCUT2D eigenvalue weighted by Gasteiger charge is -2.19. The SMILES string of the molecule is CNC1COCCc2c1cc(C)c1ccccc21. The number of rotatable bonds is 1. The van der Waals surface area contributed by atoms with E-state index in [1.165, 1.54) is 27.5 Å². The van der Waals surface area contributed by atoms with Crippen LogP contribution in [0.25, 0.3) is 10.8 Å². The van der Waals surface area contributed by atoms with Gasteiger partial charge in [-0.05, 0) is 47.9 Å². The summed E-state index contributed by atoms with van der Waals surface area (Å²) in [5, 5.41) is 6.12. The van der Waals surface area contributed by atoms with Gasteiger partial charge in [0.15, 0.2) is 0 Å². The second-order valence-corrected chi connectivity index (χ2v) is 4.97. The summed E-state index contributed by atoms with van der Waals surface area (Å²) in [4.78, 5) is 0. The zero-order valence-electron chi connectivity index (χ0n) is 11.0. The Balaban J connectivity index is 2.30. The molecule has 0 fully saturated rings. The standard InChI is InChI=1S/C16H19NO/c1-11-9-15-14(7-8-18-10-16(15)17-2)13-6-4-3-5-12(11)13/h3-6,9,16-17H,7-8,10H2,1-2H3. The summed E-state index contributed by atoms with van der Waals surface area (Å²) in [5.74, 6) is 0. The molecule has 1 atom stereocenters. The zero-order valence-corrected chi connectivity index (χ0v) is 11.0. The highest BCUT2D eigenvalue weighted by Gasteiger charge is 2.20. The molecule has 2 nitrogen and oxygen atoms in total. The van der Waals surface area contributed by atoms with Gasteiger partial charge in [0.05, 0.1) is 19.3 Å². The third-order valence-corrected chi connectivity index (χ3v) is 3.90. The fourth-order valence-corrected chi connectivity index (χ4v) is 2.94. The number of benzene rings is 2. The molecule has 0 bridgehead atoms. The van der Waals surface area contributed by atoms with Crippen LogP contribution in [0.4, 0.5) is 0 Å². The minimum Gasteiger partial charge on any atom is -0.379 e. The Labute approximate surface area is 108 Å². The smallest absolute Gasteiger partial charge is 0.0661 e. The second kappa shape index (κ2) is 4.71. The molecule has 2 aromatic rings.